The Labute approximate surface area is 84.9 Å². The van der Waals surface area contributed by atoms with Gasteiger partial charge in [0.05, 0.1) is 13.0 Å². The molecule has 0 aliphatic heterocycles. The third kappa shape index (κ3) is 5.69. The van der Waals surface area contributed by atoms with E-state index in [4.69, 9.17) is 11.6 Å². The smallest absolute Gasteiger partial charge is 0.308 e. The first kappa shape index (κ1) is 12.5. The Morgan fingerprint density at radius 2 is 2.15 bits per heavy atom. The predicted molar refractivity (Wildman–Crippen MR) is 54.8 cm³/mol. The van der Waals surface area contributed by atoms with Crippen molar-refractivity contribution in [1.29, 1.82) is 0 Å². The molecule has 0 bridgehead atoms. The van der Waals surface area contributed by atoms with Crippen LogP contribution in [0.3, 0.4) is 0 Å². The fraction of sp³-hybridized carbons (Fsp3) is 0.700. The van der Waals surface area contributed by atoms with Gasteiger partial charge >= 0.3 is 5.97 Å². The quantitative estimate of drug-likeness (QED) is 0.391. The van der Waals surface area contributed by atoms with Crippen LogP contribution in [0.1, 0.15) is 20.3 Å². The van der Waals surface area contributed by atoms with E-state index in [1.807, 2.05) is 19.1 Å². The number of allylic oxidation sites excluding steroid dienone is 2. The van der Waals surface area contributed by atoms with E-state index >= 15 is 0 Å². The summed E-state index contributed by atoms with van der Waals surface area (Å²) in [6.07, 6.45) is 4.72. The van der Waals surface area contributed by atoms with Gasteiger partial charge in [0.25, 0.3) is 0 Å². The van der Waals surface area contributed by atoms with E-state index in [1.54, 1.807) is 0 Å². The van der Waals surface area contributed by atoms with Crippen molar-refractivity contribution in [2.45, 2.75) is 20.3 Å². The molecule has 0 fully saturated rings. The minimum atomic E-state index is -0.147. The molecular formula is C10H17ClO2. The Balaban J connectivity index is 3.83. The van der Waals surface area contributed by atoms with Crippen LogP contribution in [-0.2, 0) is 9.53 Å². The van der Waals surface area contributed by atoms with Gasteiger partial charge in [-0.1, -0.05) is 26.0 Å². The van der Waals surface area contributed by atoms with Crippen molar-refractivity contribution in [3.63, 3.8) is 0 Å². The fourth-order valence-corrected chi connectivity index (χ4v) is 1.32. The molecule has 0 spiro atoms. The van der Waals surface area contributed by atoms with Gasteiger partial charge in [-0.05, 0) is 12.3 Å². The molecule has 0 saturated carbocycles. The summed E-state index contributed by atoms with van der Waals surface area (Å²) < 4.78 is 4.63. The summed E-state index contributed by atoms with van der Waals surface area (Å²) in [7, 11) is 1.41. The standard InChI is InChI=1S/C10H17ClO2/c1-8(5-4-6-11)7-9(2)10(12)13-3/h4-5,8-9H,6-7H2,1-3H3/b5-4-/t8-,9?/m1/s1. The minimum Gasteiger partial charge on any atom is -0.469 e. The number of hydrogen-bond acceptors (Lipinski definition) is 2. The van der Waals surface area contributed by atoms with Crippen LogP contribution in [0.4, 0.5) is 0 Å². The molecule has 0 radical (unpaired) electrons. The maximum Gasteiger partial charge on any atom is 0.308 e. The van der Waals surface area contributed by atoms with E-state index in [1.165, 1.54) is 7.11 Å². The lowest BCUT2D eigenvalue weighted by atomic mass is 9.97. The van der Waals surface area contributed by atoms with E-state index in [0.29, 0.717) is 11.8 Å². The summed E-state index contributed by atoms with van der Waals surface area (Å²) in [5.41, 5.74) is 0. The van der Waals surface area contributed by atoms with Crippen LogP contribution in [0.15, 0.2) is 12.2 Å². The van der Waals surface area contributed by atoms with Gasteiger partial charge in [0.15, 0.2) is 0 Å². The van der Waals surface area contributed by atoms with Crippen LogP contribution in [0.2, 0.25) is 0 Å². The van der Waals surface area contributed by atoms with Crippen LogP contribution in [0.25, 0.3) is 0 Å². The summed E-state index contributed by atoms with van der Waals surface area (Å²) in [4.78, 5) is 11.0. The Kier molecular flexibility index (Phi) is 6.69. The lowest BCUT2D eigenvalue weighted by Gasteiger charge is -2.11. The number of alkyl halides is 1. The monoisotopic (exact) mass is 204 g/mol. The number of rotatable bonds is 5. The summed E-state index contributed by atoms with van der Waals surface area (Å²) in [5, 5.41) is 0. The van der Waals surface area contributed by atoms with Gasteiger partial charge in [0, 0.05) is 5.88 Å². The van der Waals surface area contributed by atoms with Crippen molar-refractivity contribution in [3.8, 4) is 0 Å². The van der Waals surface area contributed by atoms with Gasteiger partial charge in [-0.2, -0.15) is 0 Å². The van der Waals surface area contributed by atoms with Gasteiger partial charge in [0.1, 0.15) is 0 Å². The number of methoxy groups -OCH3 is 1. The third-order valence-corrected chi connectivity index (χ3v) is 2.06. The van der Waals surface area contributed by atoms with Crippen LogP contribution in [0, 0.1) is 11.8 Å². The van der Waals surface area contributed by atoms with Crippen LogP contribution < -0.4 is 0 Å². The normalized spacial score (nSPS) is 15.7. The first-order valence-electron chi connectivity index (χ1n) is 4.42. The molecule has 0 saturated heterocycles. The van der Waals surface area contributed by atoms with Crippen molar-refractivity contribution in [1.82, 2.24) is 0 Å². The highest BCUT2D eigenvalue weighted by Crippen LogP contribution is 2.14. The van der Waals surface area contributed by atoms with E-state index in [9.17, 15) is 4.79 Å². The minimum absolute atomic E-state index is 0.0417. The molecular weight excluding hydrogens is 188 g/mol. The molecule has 0 rings (SSSR count). The molecule has 3 heteroatoms. The Morgan fingerprint density at radius 3 is 2.62 bits per heavy atom. The van der Waals surface area contributed by atoms with Crippen molar-refractivity contribution < 1.29 is 9.53 Å². The lowest BCUT2D eigenvalue weighted by molar-refractivity contribution is -0.145. The van der Waals surface area contributed by atoms with Crippen molar-refractivity contribution in [3.05, 3.63) is 12.2 Å². The summed E-state index contributed by atoms with van der Waals surface area (Å²) in [6.45, 7) is 3.93. The van der Waals surface area contributed by atoms with Gasteiger partial charge in [-0.25, -0.2) is 0 Å². The molecule has 0 aromatic carbocycles. The highest BCUT2D eigenvalue weighted by Gasteiger charge is 2.14. The summed E-state index contributed by atoms with van der Waals surface area (Å²) >= 11 is 5.49. The second kappa shape index (κ2) is 6.96. The first-order valence-corrected chi connectivity index (χ1v) is 4.95. The van der Waals surface area contributed by atoms with E-state index < -0.39 is 0 Å². The number of halogens is 1. The molecule has 2 nitrogen and oxygen atoms in total. The largest absolute Gasteiger partial charge is 0.469 e. The molecule has 0 heterocycles. The topological polar surface area (TPSA) is 26.3 Å². The van der Waals surface area contributed by atoms with Crippen molar-refractivity contribution in [2.75, 3.05) is 13.0 Å². The number of ether oxygens (including phenoxy) is 1. The zero-order valence-corrected chi connectivity index (χ0v) is 9.17. The summed E-state index contributed by atoms with van der Waals surface area (Å²) in [6, 6.07) is 0. The Bertz CT molecular complexity index is 178. The van der Waals surface area contributed by atoms with E-state index in [-0.39, 0.29) is 11.9 Å². The van der Waals surface area contributed by atoms with E-state index in [2.05, 4.69) is 11.7 Å². The van der Waals surface area contributed by atoms with Gasteiger partial charge < -0.3 is 4.74 Å². The lowest BCUT2D eigenvalue weighted by Crippen LogP contribution is -2.14. The molecule has 13 heavy (non-hydrogen) atoms. The number of hydrogen-bond donors (Lipinski definition) is 0. The molecule has 0 aliphatic carbocycles. The summed E-state index contributed by atoms with van der Waals surface area (Å²) in [5.74, 6) is 0.704. The molecule has 2 atom stereocenters. The second-order valence-electron chi connectivity index (χ2n) is 3.22. The van der Waals surface area contributed by atoms with Crippen molar-refractivity contribution >= 4 is 17.6 Å². The van der Waals surface area contributed by atoms with Crippen molar-refractivity contribution in [2.24, 2.45) is 11.8 Å². The van der Waals surface area contributed by atoms with Crippen LogP contribution >= 0.6 is 11.6 Å². The molecule has 0 aromatic heterocycles. The highest BCUT2D eigenvalue weighted by molar-refractivity contribution is 6.18. The number of carbonyl (C=O) groups is 1. The maximum absolute atomic E-state index is 11.0. The maximum atomic E-state index is 11.0. The Morgan fingerprint density at radius 1 is 1.54 bits per heavy atom. The fourth-order valence-electron chi connectivity index (χ4n) is 1.22. The zero-order valence-electron chi connectivity index (χ0n) is 8.42. The number of esters is 1. The Hall–Kier alpha value is -0.500. The van der Waals surface area contributed by atoms with Gasteiger partial charge in [-0.3, -0.25) is 4.79 Å². The van der Waals surface area contributed by atoms with Crippen LogP contribution in [0.5, 0.6) is 0 Å². The van der Waals surface area contributed by atoms with Gasteiger partial charge in [-0.15, -0.1) is 11.6 Å². The molecule has 1 unspecified atom stereocenters. The number of carbonyl (C=O) groups excluding carboxylic acids is 1. The average molecular weight is 205 g/mol. The average Bonchev–Trinajstić information content (AvgIpc) is 2.13. The zero-order chi connectivity index (χ0) is 10.3. The molecule has 0 N–H and O–H groups in total. The van der Waals surface area contributed by atoms with E-state index in [0.717, 1.165) is 6.42 Å². The molecule has 76 valence electrons. The SMILES string of the molecule is COC(=O)C(C)C[C@H](C)/C=C\CCl. The van der Waals surface area contributed by atoms with Gasteiger partial charge in [0.2, 0.25) is 0 Å². The molecule has 0 aliphatic rings. The first-order chi connectivity index (χ1) is 6.11. The molecule has 0 aromatic rings. The predicted octanol–water partition coefficient (Wildman–Crippen LogP) is 2.62. The highest BCUT2D eigenvalue weighted by atomic mass is 35.5. The second-order valence-corrected chi connectivity index (χ2v) is 3.53. The third-order valence-electron chi connectivity index (χ3n) is 1.88. The molecule has 0 amide bonds. The van der Waals surface area contributed by atoms with Crippen LogP contribution in [-0.4, -0.2) is 19.0 Å².